The Morgan fingerprint density at radius 3 is 2.15 bits per heavy atom. The second-order valence-corrected chi connectivity index (χ2v) is 11.1. The van der Waals surface area contributed by atoms with Crippen molar-refractivity contribution in [3.8, 4) is 0 Å². The van der Waals surface area contributed by atoms with Crippen molar-refractivity contribution in [1.29, 1.82) is 0 Å². The smallest absolute Gasteiger partial charge is 0.283 e. The summed E-state index contributed by atoms with van der Waals surface area (Å²) in [5.74, 6) is 0.0342. The number of benzene rings is 3. The molecule has 2 amide bonds. The van der Waals surface area contributed by atoms with Crippen molar-refractivity contribution >= 4 is 57.7 Å². The summed E-state index contributed by atoms with van der Waals surface area (Å²) in [7, 11) is 3.96. The molecule has 3 aromatic carbocycles. The average molecular weight is 568 g/mol. The van der Waals surface area contributed by atoms with Gasteiger partial charge in [0.05, 0.1) is 11.4 Å². The van der Waals surface area contributed by atoms with Crippen molar-refractivity contribution in [3.05, 3.63) is 95.7 Å². The summed E-state index contributed by atoms with van der Waals surface area (Å²) in [6.07, 6.45) is 1.79. The van der Waals surface area contributed by atoms with Crippen molar-refractivity contribution in [2.24, 2.45) is 4.99 Å². The van der Waals surface area contributed by atoms with Crippen molar-refractivity contribution in [1.82, 2.24) is 4.90 Å². The number of hydrogen-bond acceptors (Lipinski definition) is 7. The van der Waals surface area contributed by atoms with Gasteiger partial charge in [-0.2, -0.15) is 0 Å². The zero-order valence-corrected chi connectivity index (χ0v) is 24.3. The molecule has 41 heavy (non-hydrogen) atoms. The van der Waals surface area contributed by atoms with Crippen molar-refractivity contribution in [3.63, 3.8) is 0 Å². The normalized spacial score (nSPS) is 16.3. The van der Waals surface area contributed by atoms with Crippen LogP contribution in [0.3, 0.4) is 0 Å². The van der Waals surface area contributed by atoms with Gasteiger partial charge in [-0.25, -0.2) is 4.99 Å². The predicted octanol–water partition coefficient (Wildman–Crippen LogP) is 4.78. The van der Waals surface area contributed by atoms with E-state index in [0.29, 0.717) is 48.3 Å². The van der Waals surface area contributed by atoms with Crippen LogP contribution in [0.5, 0.6) is 0 Å². The van der Waals surface area contributed by atoms with Gasteiger partial charge < -0.3 is 14.7 Å². The van der Waals surface area contributed by atoms with Gasteiger partial charge in [-0.3, -0.25) is 19.3 Å². The van der Waals surface area contributed by atoms with E-state index in [9.17, 15) is 14.4 Å². The first kappa shape index (κ1) is 28.2. The third kappa shape index (κ3) is 6.52. The molecule has 5 rings (SSSR count). The third-order valence-electron chi connectivity index (χ3n) is 7.15. The average Bonchev–Trinajstić information content (AvgIpc) is 3.31. The lowest BCUT2D eigenvalue weighted by molar-refractivity contribution is -0.128. The number of nitrogens with zero attached hydrogens (tertiary/aromatic N) is 5. The van der Waals surface area contributed by atoms with Crippen LogP contribution in [0.25, 0.3) is 6.08 Å². The molecule has 0 aliphatic carbocycles. The zero-order chi connectivity index (χ0) is 28.9. The molecular weight excluding hydrogens is 534 g/mol. The Balaban J connectivity index is 1.25. The van der Waals surface area contributed by atoms with E-state index in [-0.39, 0.29) is 23.4 Å². The molecule has 210 valence electrons. The number of carbonyl (C=O) groups excluding carboxylic acids is 3. The molecule has 0 saturated carbocycles. The minimum Gasteiger partial charge on any atom is -0.378 e. The number of thioether (sulfide) groups is 1. The number of carbonyl (C=O) groups is 3. The minimum atomic E-state index is -0.216. The van der Waals surface area contributed by atoms with E-state index in [1.807, 2.05) is 103 Å². The van der Waals surface area contributed by atoms with Gasteiger partial charge in [-0.1, -0.05) is 42.1 Å². The maximum atomic E-state index is 13.5. The number of para-hydroxylation sites is 1. The number of Topliss-reactive ketones (excluding diaryl/α,β-unsaturated/α-hetero) is 1. The second-order valence-electron chi connectivity index (χ2n) is 10.1. The summed E-state index contributed by atoms with van der Waals surface area (Å²) in [6, 6.07) is 24.9. The van der Waals surface area contributed by atoms with Crippen LogP contribution < -0.4 is 14.7 Å². The molecule has 8 nitrogen and oxygen atoms in total. The van der Waals surface area contributed by atoms with Crippen LogP contribution >= 0.6 is 11.8 Å². The molecule has 2 aliphatic rings. The second kappa shape index (κ2) is 12.4. The quantitative estimate of drug-likeness (QED) is 0.302. The highest BCUT2D eigenvalue weighted by molar-refractivity contribution is 8.14. The van der Waals surface area contributed by atoms with E-state index >= 15 is 0 Å². The molecule has 0 N–H and O–H groups in total. The third-order valence-corrected chi connectivity index (χ3v) is 8.08. The summed E-state index contributed by atoms with van der Waals surface area (Å²) in [6.45, 7) is 4.20. The number of hydrogen-bond donors (Lipinski definition) is 0. The van der Waals surface area contributed by atoms with E-state index in [2.05, 4.69) is 9.89 Å². The monoisotopic (exact) mass is 567 g/mol. The number of aliphatic imine (C=N–C) groups is 1. The Morgan fingerprint density at radius 1 is 0.878 bits per heavy atom. The van der Waals surface area contributed by atoms with E-state index in [1.54, 1.807) is 17.9 Å². The number of amidine groups is 1. The summed E-state index contributed by atoms with van der Waals surface area (Å²) in [4.78, 5) is 50.6. The molecule has 0 atom stereocenters. The Morgan fingerprint density at radius 2 is 1.54 bits per heavy atom. The van der Waals surface area contributed by atoms with Gasteiger partial charge in [0.2, 0.25) is 5.91 Å². The lowest BCUT2D eigenvalue weighted by Crippen LogP contribution is -2.49. The fourth-order valence-electron chi connectivity index (χ4n) is 4.76. The molecular formula is C32H33N5O3S. The molecule has 0 aromatic heterocycles. The van der Waals surface area contributed by atoms with E-state index in [0.717, 1.165) is 16.9 Å². The standard InChI is InChI=1S/C32H33N5O3S/c1-23(38)25-11-15-27(16-12-25)35-17-19-36(20-18-35)30(39)22-41-32-33-29(21-24-9-13-26(14-10-24)34(2)3)31(40)37(32)28-7-5-4-6-8-28/h4-16,21H,17-20,22H2,1-3H3/b29-21-. The van der Waals surface area contributed by atoms with Crippen molar-refractivity contribution in [2.75, 3.05) is 60.7 Å². The first-order valence-electron chi connectivity index (χ1n) is 13.5. The maximum absolute atomic E-state index is 13.5. The van der Waals surface area contributed by atoms with Gasteiger partial charge in [0.1, 0.15) is 5.70 Å². The number of ketones is 1. The van der Waals surface area contributed by atoms with E-state index in [4.69, 9.17) is 0 Å². The first-order chi connectivity index (χ1) is 19.8. The van der Waals surface area contributed by atoms with Gasteiger partial charge in [-0.05, 0) is 67.1 Å². The van der Waals surface area contributed by atoms with Crippen LogP contribution in [0.4, 0.5) is 17.1 Å². The highest BCUT2D eigenvalue weighted by atomic mass is 32.2. The molecule has 2 aliphatic heterocycles. The Bertz CT molecular complexity index is 1480. The number of anilines is 3. The van der Waals surface area contributed by atoms with Crippen molar-refractivity contribution in [2.45, 2.75) is 6.92 Å². The van der Waals surface area contributed by atoms with Gasteiger partial charge in [0.15, 0.2) is 11.0 Å². The molecule has 3 aromatic rings. The highest BCUT2D eigenvalue weighted by Crippen LogP contribution is 2.30. The van der Waals surface area contributed by atoms with Gasteiger partial charge in [-0.15, -0.1) is 0 Å². The maximum Gasteiger partial charge on any atom is 0.283 e. The van der Waals surface area contributed by atoms with Crippen LogP contribution in [0.15, 0.2) is 89.6 Å². The number of piperazine rings is 1. The van der Waals surface area contributed by atoms with Crippen LogP contribution in [-0.2, 0) is 9.59 Å². The Kier molecular flexibility index (Phi) is 8.54. The highest BCUT2D eigenvalue weighted by Gasteiger charge is 2.33. The molecule has 1 saturated heterocycles. The topological polar surface area (TPSA) is 76.5 Å². The fraction of sp³-hybridized carbons (Fsp3) is 0.250. The lowest BCUT2D eigenvalue weighted by atomic mass is 10.1. The van der Waals surface area contributed by atoms with Crippen molar-refractivity contribution < 1.29 is 14.4 Å². The first-order valence-corrected chi connectivity index (χ1v) is 14.5. The van der Waals surface area contributed by atoms with Crippen LogP contribution in [0, 0.1) is 0 Å². The molecule has 9 heteroatoms. The van der Waals surface area contributed by atoms with Crippen LogP contribution in [0.1, 0.15) is 22.8 Å². The SMILES string of the molecule is CC(=O)c1ccc(N2CCN(C(=O)CSC3=N/C(=C\c4ccc(N(C)C)cc4)C(=O)N3c3ccccc3)CC2)cc1. The minimum absolute atomic E-state index is 0.0152. The summed E-state index contributed by atoms with van der Waals surface area (Å²) in [5, 5.41) is 0.495. The largest absolute Gasteiger partial charge is 0.378 e. The number of rotatable bonds is 7. The Labute approximate surface area is 244 Å². The molecule has 0 unspecified atom stereocenters. The molecule has 0 radical (unpaired) electrons. The summed E-state index contributed by atoms with van der Waals surface area (Å²) < 4.78 is 0. The zero-order valence-electron chi connectivity index (χ0n) is 23.5. The molecule has 0 bridgehead atoms. The molecule has 0 spiro atoms. The Hall–Kier alpha value is -4.37. The van der Waals surface area contributed by atoms with Gasteiger partial charge in [0, 0.05) is 57.2 Å². The fourth-order valence-corrected chi connectivity index (χ4v) is 5.68. The predicted molar refractivity (Wildman–Crippen MR) is 168 cm³/mol. The van der Waals surface area contributed by atoms with Crippen LogP contribution in [0.2, 0.25) is 0 Å². The molecule has 1 fully saturated rings. The van der Waals surface area contributed by atoms with E-state index < -0.39 is 0 Å². The van der Waals surface area contributed by atoms with E-state index in [1.165, 1.54) is 11.8 Å². The summed E-state index contributed by atoms with van der Waals surface area (Å²) >= 11 is 1.29. The van der Waals surface area contributed by atoms with Crippen LogP contribution in [-0.4, -0.2) is 73.7 Å². The lowest BCUT2D eigenvalue weighted by Gasteiger charge is -2.36. The number of amides is 2. The molecule has 2 heterocycles. The summed E-state index contributed by atoms with van der Waals surface area (Å²) in [5.41, 5.74) is 4.74. The van der Waals surface area contributed by atoms with Gasteiger partial charge in [0.25, 0.3) is 5.91 Å². The van der Waals surface area contributed by atoms with Gasteiger partial charge >= 0.3 is 0 Å².